The van der Waals surface area contributed by atoms with Crippen LogP contribution >= 0.6 is 0 Å². The van der Waals surface area contributed by atoms with Crippen LogP contribution in [0.4, 0.5) is 13.2 Å². The van der Waals surface area contributed by atoms with Gasteiger partial charge < -0.3 is 15.2 Å². The molecule has 1 aromatic heterocycles. The van der Waals surface area contributed by atoms with Gasteiger partial charge in [-0.3, -0.25) is 4.79 Å². The van der Waals surface area contributed by atoms with Crippen molar-refractivity contribution in [3.05, 3.63) is 59.8 Å². The highest BCUT2D eigenvalue weighted by Gasteiger charge is 2.28. The fourth-order valence-corrected chi connectivity index (χ4v) is 1.95. The SMILES string of the molecule is O=C(N[C@H](CO)c1ccccc1)c1ccnc(OCC(F)(F)F)c1. The topological polar surface area (TPSA) is 71.5 Å². The number of aliphatic hydroxyl groups is 1. The van der Waals surface area contributed by atoms with Crippen LogP contribution in [-0.4, -0.2) is 35.4 Å². The molecular weight excluding hydrogens is 325 g/mol. The van der Waals surface area contributed by atoms with E-state index in [-0.39, 0.29) is 18.1 Å². The maximum Gasteiger partial charge on any atom is 0.422 e. The molecule has 2 aromatic rings. The number of alkyl halides is 3. The lowest BCUT2D eigenvalue weighted by molar-refractivity contribution is -0.154. The maximum atomic E-state index is 12.2. The van der Waals surface area contributed by atoms with Crippen molar-refractivity contribution in [3.63, 3.8) is 0 Å². The summed E-state index contributed by atoms with van der Waals surface area (Å²) in [7, 11) is 0. The Morgan fingerprint density at radius 2 is 1.96 bits per heavy atom. The normalized spacial score (nSPS) is 12.5. The van der Waals surface area contributed by atoms with Crippen molar-refractivity contribution in [2.24, 2.45) is 0 Å². The molecule has 1 atom stereocenters. The quantitative estimate of drug-likeness (QED) is 0.848. The van der Waals surface area contributed by atoms with Crippen LogP contribution in [0, 0.1) is 0 Å². The summed E-state index contributed by atoms with van der Waals surface area (Å²) in [5.41, 5.74) is 0.785. The summed E-state index contributed by atoms with van der Waals surface area (Å²) in [4.78, 5) is 15.8. The number of ether oxygens (including phenoxy) is 1. The molecule has 24 heavy (non-hydrogen) atoms. The molecule has 128 valence electrons. The third-order valence-electron chi connectivity index (χ3n) is 3.07. The highest BCUT2D eigenvalue weighted by molar-refractivity contribution is 5.94. The number of nitrogens with one attached hydrogen (secondary N) is 1. The average molecular weight is 340 g/mol. The van der Waals surface area contributed by atoms with Gasteiger partial charge in [0.1, 0.15) is 0 Å². The van der Waals surface area contributed by atoms with Crippen LogP contribution in [0.2, 0.25) is 0 Å². The number of benzene rings is 1. The Kier molecular flexibility index (Phi) is 5.75. The number of pyridine rings is 1. The van der Waals surface area contributed by atoms with Gasteiger partial charge in [-0.1, -0.05) is 30.3 Å². The average Bonchev–Trinajstić information content (AvgIpc) is 2.58. The van der Waals surface area contributed by atoms with Gasteiger partial charge in [0.15, 0.2) is 6.61 Å². The van der Waals surface area contributed by atoms with Crippen molar-refractivity contribution < 1.29 is 27.8 Å². The standard InChI is InChI=1S/C16H15F3N2O3/c17-16(18,19)10-24-14-8-12(6-7-20-14)15(23)21-13(9-22)11-4-2-1-3-5-11/h1-8,13,22H,9-10H2,(H,21,23)/t13-/m1/s1. The molecule has 2 N–H and O–H groups in total. The van der Waals surface area contributed by atoms with Crippen molar-refractivity contribution in [2.45, 2.75) is 12.2 Å². The number of aromatic nitrogens is 1. The lowest BCUT2D eigenvalue weighted by atomic mass is 10.1. The molecule has 1 amide bonds. The first-order chi connectivity index (χ1) is 11.4. The van der Waals surface area contributed by atoms with Gasteiger partial charge in [-0.05, 0) is 11.6 Å². The van der Waals surface area contributed by atoms with E-state index >= 15 is 0 Å². The largest absolute Gasteiger partial charge is 0.468 e. The third kappa shape index (κ3) is 5.24. The Morgan fingerprint density at radius 3 is 2.58 bits per heavy atom. The maximum absolute atomic E-state index is 12.2. The molecule has 0 fully saturated rings. The summed E-state index contributed by atoms with van der Waals surface area (Å²) in [6, 6.07) is 10.6. The second-order valence-electron chi connectivity index (χ2n) is 4.91. The molecule has 1 heterocycles. The van der Waals surface area contributed by atoms with Crippen LogP contribution in [0.25, 0.3) is 0 Å². The van der Waals surface area contributed by atoms with Gasteiger partial charge >= 0.3 is 6.18 Å². The van der Waals surface area contributed by atoms with E-state index in [9.17, 15) is 23.1 Å². The Hall–Kier alpha value is -2.61. The Bertz CT molecular complexity index is 678. The van der Waals surface area contributed by atoms with Crippen molar-refractivity contribution in [3.8, 4) is 5.88 Å². The number of carbonyl (C=O) groups is 1. The van der Waals surface area contributed by atoms with E-state index < -0.39 is 24.7 Å². The number of hydrogen-bond donors (Lipinski definition) is 2. The van der Waals surface area contributed by atoms with Gasteiger partial charge in [-0.2, -0.15) is 13.2 Å². The van der Waals surface area contributed by atoms with Crippen molar-refractivity contribution in [1.82, 2.24) is 10.3 Å². The number of halogens is 3. The Balaban J connectivity index is 2.06. The molecule has 1 aromatic carbocycles. The van der Waals surface area contributed by atoms with E-state index in [1.165, 1.54) is 12.3 Å². The molecule has 0 saturated heterocycles. The van der Waals surface area contributed by atoms with E-state index in [4.69, 9.17) is 0 Å². The number of amides is 1. The number of aliphatic hydroxyl groups excluding tert-OH is 1. The van der Waals surface area contributed by atoms with Crippen LogP contribution in [0.1, 0.15) is 22.0 Å². The summed E-state index contributed by atoms with van der Waals surface area (Å²) < 4.78 is 40.9. The van der Waals surface area contributed by atoms with Gasteiger partial charge in [0, 0.05) is 17.8 Å². The predicted molar refractivity (Wildman–Crippen MR) is 79.5 cm³/mol. The van der Waals surface area contributed by atoms with Crippen LogP contribution in [0.5, 0.6) is 5.88 Å². The molecule has 0 aliphatic carbocycles. The molecule has 2 rings (SSSR count). The van der Waals surface area contributed by atoms with E-state index in [0.29, 0.717) is 5.56 Å². The molecule has 0 saturated carbocycles. The number of carbonyl (C=O) groups excluding carboxylic acids is 1. The van der Waals surface area contributed by atoms with Gasteiger partial charge in [0.05, 0.1) is 12.6 Å². The third-order valence-corrected chi connectivity index (χ3v) is 3.07. The second-order valence-corrected chi connectivity index (χ2v) is 4.91. The molecule has 8 heteroatoms. The molecule has 0 aliphatic rings. The smallest absolute Gasteiger partial charge is 0.422 e. The first kappa shape index (κ1) is 17.7. The molecule has 0 radical (unpaired) electrons. The minimum Gasteiger partial charge on any atom is -0.468 e. The van der Waals surface area contributed by atoms with Crippen LogP contribution < -0.4 is 10.1 Å². The molecular formula is C16H15F3N2O3. The zero-order valence-electron chi connectivity index (χ0n) is 12.5. The van der Waals surface area contributed by atoms with Gasteiger partial charge in [0.25, 0.3) is 5.91 Å². The first-order valence-corrected chi connectivity index (χ1v) is 7.01. The van der Waals surface area contributed by atoms with Crippen molar-refractivity contribution in [1.29, 1.82) is 0 Å². The van der Waals surface area contributed by atoms with Crippen LogP contribution in [0.3, 0.4) is 0 Å². The molecule has 0 bridgehead atoms. The minimum absolute atomic E-state index is 0.0801. The number of rotatable bonds is 6. The second kappa shape index (κ2) is 7.78. The van der Waals surface area contributed by atoms with E-state index in [1.807, 2.05) is 0 Å². The zero-order valence-corrected chi connectivity index (χ0v) is 12.5. The molecule has 0 aliphatic heterocycles. The fraction of sp³-hybridized carbons (Fsp3) is 0.250. The number of hydrogen-bond acceptors (Lipinski definition) is 4. The zero-order chi connectivity index (χ0) is 17.6. The highest BCUT2D eigenvalue weighted by atomic mass is 19.4. The Morgan fingerprint density at radius 1 is 1.25 bits per heavy atom. The van der Waals surface area contributed by atoms with Crippen molar-refractivity contribution >= 4 is 5.91 Å². The van der Waals surface area contributed by atoms with E-state index in [2.05, 4.69) is 15.0 Å². The van der Waals surface area contributed by atoms with Crippen LogP contribution in [-0.2, 0) is 0 Å². The predicted octanol–water partition coefficient (Wildman–Crippen LogP) is 2.49. The van der Waals surface area contributed by atoms with Crippen molar-refractivity contribution in [2.75, 3.05) is 13.2 Å². The lowest BCUT2D eigenvalue weighted by Gasteiger charge is -2.17. The highest BCUT2D eigenvalue weighted by Crippen LogP contribution is 2.18. The minimum atomic E-state index is -4.49. The molecule has 0 unspecified atom stereocenters. The summed E-state index contributed by atoms with van der Waals surface area (Å²) in [6.07, 6.45) is -3.31. The van der Waals surface area contributed by atoms with Gasteiger partial charge in [-0.15, -0.1) is 0 Å². The lowest BCUT2D eigenvalue weighted by Crippen LogP contribution is -2.30. The summed E-state index contributed by atoms with van der Waals surface area (Å²) in [6.45, 7) is -1.81. The first-order valence-electron chi connectivity index (χ1n) is 7.01. The monoisotopic (exact) mass is 340 g/mol. The fourth-order valence-electron chi connectivity index (χ4n) is 1.95. The molecule has 0 spiro atoms. The van der Waals surface area contributed by atoms with Crippen LogP contribution in [0.15, 0.2) is 48.7 Å². The Labute approximate surface area is 136 Å². The van der Waals surface area contributed by atoms with E-state index in [0.717, 1.165) is 6.07 Å². The van der Waals surface area contributed by atoms with Gasteiger partial charge in [0.2, 0.25) is 5.88 Å². The summed E-state index contributed by atoms with van der Waals surface area (Å²) in [5, 5.41) is 12.0. The number of nitrogens with zero attached hydrogens (tertiary/aromatic N) is 1. The summed E-state index contributed by atoms with van der Waals surface area (Å²) in [5.74, 6) is -0.864. The molecule has 5 nitrogen and oxygen atoms in total. The van der Waals surface area contributed by atoms with E-state index in [1.54, 1.807) is 30.3 Å². The summed E-state index contributed by atoms with van der Waals surface area (Å²) >= 11 is 0. The van der Waals surface area contributed by atoms with Gasteiger partial charge in [-0.25, -0.2) is 4.98 Å².